The SMILES string of the molecule is CCC(C)C(N)C(=O)NC(C)c1ccc(OC)c(F)c1.Cl. The van der Waals surface area contributed by atoms with Crippen LogP contribution in [-0.2, 0) is 4.79 Å². The first-order valence-corrected chi connectivity index (χ1v) is 6.80. The summed E-state index contributed by atoms with van der Waals surface area (Å²) in [4.78, 5) is 12.0. The fourth-order valence-corrected chi connectivity index (χ4v) is 1.86. The van der Waals surface area contributed by atoms with Gasteiger partial charge in [0, 0.05) is 0 Å². The second-order valence-electron chi connectivity index (χ2n) is 5.04. The molecular formula is C15H24ClFN2O2. The summed E-state index contributed by atoms with van der Waals surface area (Å²) >= 11 is 0. The second kappa shape index (κ2) is 8.85. The Morgan fingerprint density at radius 1 is 1.43 bits per heavy atom. The zero-order valence-corrected chi connectivity index (χ0v) is 13.7. The van der Waals surface area contributed by atoms with Gasteiger partial charge in [-0.15, -0.1) is 12.4 Å². The quantitative estimate of drug-likeness (QED) is 0.847. The molecule has 1 amide bonds. The van der Waals surface area contributed by atoms with Crippen LogP contribution in [0.25, 0.3) is 0 Å². The number of nitrogens with two attached hydrogens (primary N) is 1. The minimum Gasteiger partial charge on any atom is -0.494 e. The highest BCUT2D eigenvalue weighted by Gasteiger charge is 2.21. The average molecular weight is 319 g/mol. The van der Waals surface area contributed by atoms with E-state index in [1.165, 1.54) is 13.2 Å². The molecule has 0 spiro atoms. The van der Waals surface area contributed by atoms with Crippen molar-refractivity contribution in [3.63, 3.8) is 0 Å². The van der Waals surface area contributed by atoms with Crippen molar-refractivity contribution < 1.29 is 13.9 Å². The molecule has 0 aromatic heterocycles. The number of rotatable bonds is 6. The Labute approximate surface area is 131 Å². The van der Waals surface area contributed by atoms with Crippen LogP contribution < -0.4 is 15.8 Å². The highest BCUT2D eigenvalue weighted by molar-refractivity contribution is 5.85. The topological polar surface area (TPSA) is 64.4 Å². The molecule has 1 aromatic carbocycles. The number of benzene rings is 1. The van der Waals surface area contributed by atoms with Crippen LogP contribution in [0.2, 0.25) is 0 Å². The summed E-state index contributed by atoms with van der Waals surface area (Å²) in [5.41, 5.74) is 6.54. The van der Waals surface area contributed by atoms with Crippen LogP contribution in [0.4, 0.5) is 4.39 Å². The van der Waals surface area contributed by atoms with Crippen LogP contribution in [0.5, 0.6) is 5.75 Å². The summed E-state index contributed by atoms with van der Waals surface area (Å²) in [5.74, 6) is -0.376. The van der Waals surface area contributed by atoms with Crippen molar-refractivity contribution in [3.8, 4) is 5.75 Å². The van der Waals surface area contributed by atoms with Crippen molar-refractivity contribution in [1.82, 2.24) is 5.32 Å². The number of halogens is 2. The highest BCUT2D eigenvalue weighted by atomic mass is 35.5. The Bertz CT molecular complexity index is 471. The van der Waals surface area contributed by atoms with Crippen LogP contribution in [0.15, 0.2) is 18.2 Å². The van der Waals surface area contributed by atoms with Crippen LogP contribution in [0.3, 0.4) is 0 Å². The lowest BCUT2D eigenvalue weighted by molar-refractivity contribution is -0.124. The molecule has 3 atom stereocenters. The Morgan fingerprint density at radius 3 is 2.52 bits per heavy atom. The first-order chi connectivity index (χ1) is 9.40. The molecule has 0 bridgehead atoms. The maximum atomic E-state index is 13.6. The standard InChI is InChI=1S/C15H23FN2O2.ClH/c1-5-9(2)14(17)15(19)18-10(3)11-6-7-13(20-4)12(16)8-11;/h6-10,14H,5,17H2,1-4H3,(H,18,19);1H. The maximum absolute atomic E-state index is 13.6. The zero-order valence-electron chi connectivity index (χ0n) is 12.9. The molecule has 0 fully saturated rings. The normalized spacial score (nSPS) is 14.6. The summed E-state index contributed by atoms with van der Waals surface area (Å²) in [6, 6.07) is 3.77. The van der Waals surface area contributed by atoms with Gasteiger partial charge in [-0.3, -0.25) is 4.79 Å². The molecular weight excluding hydrogens is 295 g/mol. The fraction of sp³-hybridized carbons (Fsp3) is 0.533. The summed E-state index contributed by atoms with van der Waals surface area (Å²) in [6.45, 7) is 5.71. The average Bonchev–Trinajstić information content (AvgIpc) is 2.45. The molecule has 3 unspecified atom stereocenters. The third-order valence-corrected chi connectivity index (χ3v) is 3.59. The minimum absolute atomic E-state index is 0. The molecule has 0 aliphatic heterocycles. The van der Waals surface area contributed by atoms with Gasteiger partial charge in [-0.05, 0) is 30.5 Å². The molecule has 0 aliphatic carbocycles. The second-order valence-corrected chi connectivity index (χ2v) is 5.04. The van der Waals surface area contributed by atoms with Gasteiger partial charge in [0.05, 0.1) is 19.2 Å². The summed E-state index contributed by atoms with van der Waals surface area (Å²) in [5, 5.41) is 2.80. The molecule has 0 radical (unpaired) electrons. The van der Waals surface area contributed by atoms with Crippen LogP contribution in [0.1, 0.15) is 38.8 Å². The van der Waals surface area contributed by atoms with Crippen LogP contribution in [-0.4, -0.2) is 19.1 Å². The van der Waals surface area contributed by atoms with Gasteiger partial charge in [0.2, 0.25) is 5.91 Å². The van der Waals surface area contributed by atoms with Gasteiger partial charge in [0.1, 0.15) is 0 Å². The van der Waals surface area contributed by atoms with Gasteiger partial charge < -0.3 is 15.8 Å². The molecule has 0 heterocycles. The van der Waals surface area contributed by atoms with E-state index >= 15 is 0 Å². The number of hydrogen-bond donors (Lipinski definition) is 2. The fourth-order valence-electron chi connectivity index (χ4n) is 1.86. The summed E-state index contributed by atoms with van der Waals surface area (Å²) in [6.07, 6.45) is 0.833. The van der Waals surface area contributed by atoms with E-state index in [2.05, 4.69) is 5.32 Å². The van der Waals surface area contributed by atoms with E-state index in [0.29, 0.717) is 5.56 Å². The largest absolute Gasteiger partial charge is 0.494 e. The van der Waals surface area contributed by atoms with E-state index in [1.54, 1.807) is 19.1 Å². The Balaban J connectivity index is 0.00000400. The van der Waals surface area contributed by atoms with Crippen molar-refractivity contribution in [3.05, 3.63) is 29.6 Å². The summed E-state index contributed by atoms with van der Waals surface area (Å²) in [7, 11) is 1.41. The van der Waals surface area contributed by atoms with E-state index in [9.17, 15) is 9.18 Å². The van der Waals surface area contributed by atoms with Gasteiger partial charge >= 0.3 is 0 Å². The molecule has 1 aromatic rings. The lowest BCUT2D eigenvalue weighted by Gasteiger charge is -2.21. The molecule has 0 aliphatic rings. The molecule has 1 rings (SSSR count). The van der Waals surface area contributed by atoms with E-state index in [4.69, 9.17) is 10.5 Å². The number of carbonyl (C=O) groups excluding carboxylic acids is 1. The molecule has 4 nitrogen and oxygen atoms in total. The number of carbonyl (C=O) groups is 1. The smallest absolute Gasteiger partial charge is 0.237 e. The number of hydrogen-bond acceptors (Lipinski definition) is 3. The van der Waals surface area contributed by atoms with Crippen LogP contribution in [0, 0.1) is 11.7 Å². The van der Waals surface area contributed by atoms with Crippen molar-refractivity contribution in [2.24, 2.45) is 11.7 Å². The van der Waals surface area contributed by atoms with Crippen molar-refractivity contribution in [2.75, 3.05) is 7.11 Å². The molecule has 0 saturated heterocycles. The Hall–Kier alpha value is -1.33. The Morgan fingerprint density at radius 2 is 2.05 bits per heavy atom. The first-order valence-electron chi connectivity index (χ1n) is 6.80. The number of amides is 1. The lowest BCUT2D eigenvalue weighted by atomic mass is 9.98. The highest BCUT2D eigenvalue weighted by Crippen LogP contribution is 2.21. The van der Waals surface area contributed by atoms with E-state index in [1.807, 2.05) is 13.8 Å². The van der Waals surface area contributed by atoms with Gasteiger partial charge in [-0.1, -0.05) is 26.3 Å². The van der Waals surface area contributed by atoms with Crippen molar-refractivity contribution >= 4 is 18.3 Å². The lowest BCUT2D eigenvalue weighted by Crippen LogP contribution is -2.45. The third kappa shape index (κ3) is 5.17. The van der Waals surface area contributed by atoms with Crippen molar-refractivity contribution in [1.29, 1.82) is 0 Å². The van der Waals surface area contributed by atoms with E-state index < -0.39 is 11.9 Å². The van der Waals surface area contributed by atoms with Gasteiger partial charge in [-0.25, -0.2) is 4.39 Å². The molecule has 120 valence electrons. The molecule has 0 saturated carbocycles. The minimum atomic E-state index is -0.550. The zero-order chi connectivity index (χ0) is 15.3. The summed E-state index contributed by atoms with van der Waals surface area (Å²) < 4.78 is 18.5. The number of ether oxygens (including phenoxy) is 1. The van der Waals surface area contributed by atoms with Gasteiger partial charge in [-0.2, -0.15) is 0 Å². The van der Waals surface area contributed by atoms with Gasteiger partial charge in [0.25, 0.3) is 0 Å². The third-order valence-electron chi connectivity index (χ3n) is 3.59. The van der Waals surface area contributed by atoms with Gasteiger partial charge in [0.15, 0.2) is 11.6 Å². The number of methoxy groups -OCH3 is 1. The van der Waals surface area contributed by atoms with Crippen molar-refractivity contribution in [2.45, 2.75) is 39.3 Å². The first kappa shape index (κ1) is 19.7. The van der Waals surface area contributed by atoms with E-state index in [0.717, 1.165) is 6.42 Å². The predicted octanol–water partition coefficient (Wildman–Crippen LogP) is 2.81. The predicted molar refractivity (Wildman–Crippen MR) is 84.2 cm³/mol. The molecule has 21 heavy (non-hydrogen) atoms. The Kier molecular flexibility index (Phi) is 8.29. The molecule has 3 N–H and O–H groups in total. The number of nitrogens with one attached hydrogen (secondary N) is 1. The van der Waals surface area contributed by atoms with Crippen LogP contribution >= 0.6 is 12.4 Å². The maximum Gasteiger partial charge on any atom is 0.237 e. The van der Waals surface area contributed by atoms with E-state index in [-0.39, 0.29) is 36.0 Å². The monoisotopic (exact) mass is 318 g/mol. The molecule has 6 heteroatoms.